The third-order valence-electron chi connectivity index (χ3n) is 3.94. The smallest absolute Gasteiger partial charge is 0.306 e. The summed E-state index contributed by atoms with van der Waals surface area (Å²) in [6.45, 7) is 0.0403. The topological polar surface area (TPSA) is 65.2 Å². The molecule has 5 nitrogen and oxygen atoms in total. The van der Waals surface area contributed by atoms with Crippen LogP contribution in [0.4, 0.5) is 0 Å². The minimum atomic E-state index is -0.294. The number of rotatable bonds is 5. The van der Waals surface area contributed by atoms with Crippen molar-refractivity contribution in [3.63, 3.8) is 0 Å². The summed E-state index contributed by atoms with van der Waals surface area (Å²) in [5, 5.41) is 1.09. The van der Waals surface area contributed by atoms with Gasteiger partial charge in [-0.3, -0.25) is 9.78 Å². The fraction of sp³-hybridized carbons (Fsp3) is 0.150. The van der Waals surface area contributed by atoms with Gasteiger partial charge in [0, 0.05) is 17.5 Å². The Kier molecular flexibility index (Phi) is 4.12. The molecule has 0 unspecified atom stereocenters. The average Bonchev–Trinajstić information content (AvgIpc) is 3.07. The van der Waals surface area contributed by atoms with Crippen molar-refractivity contribution in [2.75, 3.05) is 0 Å². The lowest BCUT2D eigenvalue weighted by atomic mass is 10.1. The molecule has 5 heteroatoms. The number of ether oxygens (including phenoxy) is 1. The molecule has 0 radical (unpaired) electrons. The van der Waals surface area contributed by atoms with E-state index in [1.807, 2.05) is 60.7 Å². The number of fused-ring (bicyclic) bond motifs is 2. The summed E-state index contributed by atoms with van der Waals surface area (Å²) in [6, 6.07) is 19.3. The molecule has 4 aromatic rings. The molecule has 0 aliphatic heterocycles. The number of pyridine rings is 1. The third-order valence-corrected chi connectivity index (χ3v) is 3.94. The molecule has 0 amide bonds. The Morgan fingerprint density at radius 2 is 1.72 bits per heavy atom. The predicted molar refractivity (Wildman–Crippen MR) is 93.9 cm³/mol. The predicted octanol–water partition coefficient (Wildman–Crippen LogP) is 4.05. The van der Waals surface area contributed by atoms with Gasteiger partial charge in [-0.15, -0.1) is 0 Å². The van der Waals surface area contributed by atoms with Crippen molar-refractivity contribution < 1.29 is 13.9 Å². The molecule has 0 N–H and O–H groups in total. The highest BCUT2D eigenvalue weighted by Gasteiger charge is 2.09. The molecule has 2 aromatic carbocycles. The molecular formula is C20H16N2O3. The van der Waals surface area contributed by atoms with Gasteiger partial charge < -0.3 is 9.15 Å². The van der Waals surface area contributed by atoms with Gasteiger partial charge in [-0.05, 0) is 24.3 Å². The Labute approximate surface area is 144 Å². The number of carbonyl (C=O) groups excluding carboxylic acids is 1. The van der Waals surface area contributed by atoms with Crippen LogP contribution >= 0.6 is 0 Å². The first-order valence-corrected chi connectivity index (χ1v) is 8.13. The van der Waals surface area contributed by atoms with Crippen molar-refractivity contribution >= 4 is 28.0 Å². The number of oxazole rings is 1. The number of aromatic nitrogens is 2. The summed E-state index contributed by atoms with van der Waals surface area (Å²) in [6.07, 6.45) is 0.808. The second-order valence-corrected chi connectivity index (χ2v) is 5.73. The van der Waals surface area contributed by atoms with Crippen LogP contribution in [0, 0.1) is 0 Å². The van der Waals surface area contributed by atoms with E-state index in [0.717, 1.165) is 22.1 Å². The Balaban J connectivity index is 1.33. The lowest BCUT2D eigenvalue weighted by Gasteiger charge is -2.04. The van der Waals surface area contributed by atoms with Crippen molar-refractivity contribution in [1.82, 2.24) is 9.97 Å². The number of hydrogen-bond acceptors (Lipinski definition) is 5. The van der Waals surface area contributed by atoms with Crippen LogP contribution in [0.1, 0.15) is 18.0 Å². The minimum Gasteiger partial charge on any atom is -0.456 e. The first-order chi connectivity index (χ1) is 12.3. The van der Waals surface area contributed by atoms with Crippen LogP contribution < -0.4 is 0 Å². The van der Waals surface area contributed by atoms with E-state index < -0.39 is 0 Å². The van der Waals surface area contributed by atoms with E-state index in [-0.39, 0.29) is 19.0 Å². The third kappa shape index (κ3) is 3.50. The molecule has 0 saturated carbocycles. The van der Waals surface area contributed by atoms with Crippen molar-refractivity contribution in [3.8, 4) is 0 Å². The standard InChI is InChI=1S/C20H16N2O3/c23-20(24-13-19-22-17-7-3-4-8-18(17)25-19)12-11-15-10-9-14-5-1-2-6-16(14)21-15/h1-10H,11-13H2. The zero-order valence-corrected chi connectivity index (χ0v) is 13.5. The fourth-order valence-corrected chi connectivity index (χ4v) is 2.67. The van der Waals surface area contributed by atoms with E-state index in [1.54, 1.807) is 0 Å². The van der Waals surface area contributed by atoms with Gasteiger partial charge in [-0.25, -0.2) is 4.98 Å². The number of esters is 1. The van der Waals surface area contributed by atoms with Gasteiger partial charge >= 0.3 is 5.97 Å². The second-order valence-electron chi connectivity index (χ2n) is 5.73. The summed E-state index contributed by atoms with van der Waals surface area (Å²) in [7, 11) is 0. The Bertz CT molecular complexity index is 1010. The van der Waals surface area contributed by atoms with E-state index >= 15 is 0 Å². The van der Waals surface area contributed by atoms with Gasteiger partial charge in [0.1, 0.15) is 5.52 Å². The van der Waals surface area contributed by atoms with Gasteiger partial charge in [0.05, 0.1) is 11.9 Å². The maximum absolute atomic E-state index is 11.9. The Morgan fingerprint density at radius 1 is 0.920 bits per heavy atom. The van der Waals surface area contributed by atoms with Gasteiger partial charge in [0.2, 0.25) is 5.89 Å². The summed E-state index contributed by atoms with van der Waals surface area (Å²) < 4.78 is 10.8. The molecule has 0 aliphatic rings. The van der Waals surface area contributed by atoms with Gasteiger partial charge in [0.25, 0.3) is 0 Å². The highest BCUT2D eigenvalue weighted by atomic mass is 16.5. The largest absolute Gasteiger partial charge is 0.456 e. The number of aryl methyl sites for hydroxylation is 1. The summed E-state index contributed by atoms with van der Waals surface area (Å²) in [5.41, 5.74) is 3.25. The Morgan fingerprint density at radius 3 is 2.60 bits per heavy atom. The van der Waals surface area contributed by atoms with Crippen molar-refractivity contribution in [1.29, 1.82) is 0 Å². The summed E-state index contributed by atoms with van der Waals surface area (Å²) in [5.74, 6) is 0.107. The van der Waals surface area contributed by atoms with Crippen LogP contribution in [0.2, 0.25) is 0 Å². The molecule has 0 spiro atoms. The molecule has 0 saturated heterocycles. The summed E-state index contributed by atoms with van der Waals surface area (Å²) >= 11 is 0. The van der Waals surface area contributed by atoms with Crippen molar-refractivity contribution in [3.05, 3.63) is 72.2 Å². The van der Waals surface area contributed by atoms with Crippen LogP contribution in [0.3, 0.4) is 0 Å². The van der Waals surface area contributed by atoms with E-state index in [9.17, 15) is 4.79 Å². The van der Waals surface area contributed by atoms with E-state index in [2.05, 4.69) is 9.97 Å². The van der Waals surface area contributed by atoms with Crippen LogP contribution in [-0.2, 0) is 22.6 Å². The first kappa shape index (κ1) is 15.3. The number of benzene rings is 2. The molecule has 2 aromatic heterocycles. The van der Waals surface area contributed by atoms with Crippen LogP contribution in [0.25, 0.3) is 22.0 Å². The zero-order chi connectivity index (χ0) is 17.1. The second kappa shape index (κ2) is 6.73. The highest BCUT2D eigenvalue weighted by molar-refractivity contribution is 5.78. The Hall–Kier alpha value is -3.21. The minimum absolute atomic E-state index is 0.0403. The van der Waals surface area contributed by atoms with Gasteiger partial charge in [-0.1, -0.05) is 36.4 Å². The zero-order valence-electron chi connectivity index (χ0n) is 13.5. The van der Waals surface area contributed by atoms with Gasteiger partial charge in [-0.2, -0.15) is 0 Å². The number of nitrogens with zero attached hydrogens (tertiary/aromatic N) is 2. The molecule has 2 heterocycles. The van der Waals surface area contributed by atoms with E-state index in [1.165, 1.54) is 0 Å². The van der Waals surface area contributed by atoms with E-state index in [4.69, 9.17) is 9.15 Å². The molecule has 0 atom stereocenters. The molecule has 124 valence electrons. The molecular weight excluding hydrogens is 316 g/mol. The number of carbonyl (C=O) groups is 1. The SMILES string of the molecule is O=C(CCc1ccc2ccccc2n1)OCc1nc2ccccc2o1. The highest BCUT2D eigenvalue weighted by Crippen LogP contribution is 2.16. The lowest BCUT2D eigenvalue weighted by molar-refractivity contribution is -0.145. The molecule has 0 fully saturated rings. The molecule has 0 aliphatic carbocycles. The van der Waals surface area contributed by atoms with Crippen LogP contribution in [-0.4, -0.2) is 15.9 Å². The first-order valence-electron chi connectivity index (χ1n) is 8.13. The number of hydrogen-bond donors (Lipinski definition) is 0. The van der Waals surface area contributed by atoms with Crippen molar-refractivity contribution in [2.24, 2.45) is 0 Å². The molecule has 4 rings (SSSR count). The fourth-order valence-electron chi connectivity index (χ4n) is 2.67. The van der Waals surface area contributed by atoms with Gasteiger partial charge in [0.15, 0.2) is 12.2 Å². The van der Waals surface area contributed by atoms with Crippen LogP contribution in [0.15, 0.2) is 65.1 Å². The maximum atomic E-state index is 11.9. The lowest BCUT2D eigenvalue weighted by Crippen LogP contribution is -2.06. The quantitative estimate of drug-likeness (QED) is 0.516. The number of para-hydroxylation sites is 3. The van der Waals surface area contributed by atoms with E-state index in [0.29, 0.717) is 17.9 Å². The van der Waals surface area contributed by atoms with Crippen molar-refractivity contribution in [2.45, 2.75) is 19.4 Å². The average molecular weight is 332 g/mol. The monoisotopic (exact) mass is 332 g/mol. The molecule has 25 heavy (non-hydrogen) atoms. The molecule has 0 bridgehead atoms. The normalized spacial score (nSPS) is 11.0. The van der Waals surface area contributed by atoms with Crippen LogP contribution in [0.5, 0.6) is 0 Å². The summed E-state index contributed by atoms with van der Waals surface area (Å²) in [4.78, 5) is 20.8. The maximum Gasteiger partial charge on any atom is 0.306 e.